The fourth-order valence-corrected chi connectivity index (χ4v) is 6.99. The van der Waals surface area contributed by atoms with Crippen molar-refractivity contribution in [3.63, 3.8) is 0 Å². The van der Waals surface area contributed by atoms with E-state index in [1.807, 2.05) is 4.90 Å². The molecule has 0 aromatic carbocycles. The van der Waals surface area contributed by atoms with Crippen molar-refractivity contribution in [2.45, 2.75) is 84.2 Å². The predicted octanol–water partition coefficient (Wildman–Crippen LogP) is 2.53. The zero-order valence-corrected chi connectivity index (χ0v) is 18.4. The van der Waals surface area contributed by atoms with E-state index < -0.39 is 6.10 Å². The molecule has 2 aliphatic carbocycles. The Labute approximate surface area is 175 Å². The van der Waals surface area contributed by atoms with Crippen LogP contribution in [0.15, 0.2) is 0 Å². The lowest BCUT2D eigenvalue weighted by atomic mass is 9.46. The molecule has 2 aliphatic heterocycles. The summed E-state index contributed by atoms with van der Waals surface area (Å²) in [7, 11) is 0. The number of nitrogens with two attached hydrogens (primary N) is 1. The number of aliphatic hydroxyl groups is 1. The maximum atomic E-state index is 13.1. The summed E-state index contributed by atoms with van der Waals surface area (Å²) >= 11 is 0. The lowest BCUT2D eigenvalue weighted by Crippen LogP contribution is -2.63. The van der Waals surface area contributed by atoms with Crippen molar-refractivity contribution in [1.29, 1.82) is 0 Å². The van der Waals surface area contributed by atoms with Crippen LogP contribution in [0.25, 0.3) is 0 Å². The molecule has 2 heterocycles. The third-order valence-electron chi connectivity index (χ3n) is 8.96. The molecular formula is C23H40N2O4. The predicted molar refractivity (Wildman–Crippen MR) is 111 cm³/mol. The molecule has 4 aliphatic rings. The third kappa shape index (κ3) is 3.75. The van der Waals surface area contributed by atoms with Gasteiger partial charge >= 0.3 is 0 Å². The van der Waals surface area contributed by atoms with Crippen molar-refractivity contribution in [1.82, 2.24) is 4.90 Å². The molecule has 0 bridgehead atoms. The molecule has 6 heteroatoms. The fraction of sp³-hybridized carbons (Fsp3) is 0.957. The molecule has 166 valence electrons. The number of hydrogen-bond donors (Lipinski definition) is 2. The molecule has 0 radical (unpaired) electrons. The molecule has 0 aromatic heterocycles. The van der Waals surface area contributed by atoms with Gasteiger partial charge in [0.05, 0.1) is 18.8 Å². The molecule has 0 spiro atoms. The number of amides is 1. The molecule has 3 N–H and O–H groups in total. The molecule has 2 saturated carbocycles. The second-order valence-corrected chi connectivity index (χ2v) is 10.7. The number of carbonyl (C=O) groups excluding carboxylic acids is 1. The molecule has 1 unspecified atom stereocenters. The Morgan fingerprint density at radius 2 is 1.86 bits per heavy atom. The second kappa shape index (κ2) is 8.10. The fourth-order valence-electron chi connectivity index (χ4n) is 6.99. The van der Waals surface area contributed by atoms with Gasteiger partial charge in [-0.2, -0.15) is 0 Å². The summed E-state index contributed by atoms with van der Waals surface area (Å²) in [5, 5.41) is 11.0. The van der Waals surface area contributed by atoms with Crippen LogP contribution in [0.5, 0.6) is 0 Å². The first-order valence-corrected chi connectivity index (χ1v) is 11.7. The quantitative estimate of drug-likeness (QED) is 0.750. The minimum absolute atomic E-state index is 0.0121. The van der Waals surface area contributed by atoms with Crippen molar-refractivity contribution in [2.75, 3.05) is 26.2 Å². The average Bonchev–Trinajstić information content (AvgIpc) is 2.70. The van der Waals surface area contributed by atoms with E-state index in [1.54, 1.807) is 0 Å². The SMILES string of the molecule is CC1CCN(C(=O)C[C@@H]2[C@H](O)CCC3[C@]4(C)CO[C@@H](CN)O[C@@H]4CC[C@]32C)CC1. The third-order valence-corrected chi connectivity index (χ3v) is 8.96. The topological polar surface area (TPSA) is 85.0 Å². The Bertz CT molecular complexity index is 608. The van der Waals surface area contributed by atoms with Crippen LogP contribution in [0.2, 0.25) is 0 Å². The van der Waals surface area contributed by atoms with Crippen LogP contribution < -0.4 is 5.73 Å². The molecule has 6 nitrogen and oxygen atoms in total. The largest absolute Gasteiger partial charge is 0.393 e. The maximum Gasteiger partial charge on any atom is 0.222 e. The lowest BCUT2D eigenvalue weighted by Gasteiger charge is -2.63. The van der Waals surface area contributed by atoms with Gasteiger partial charge in [-0.1, -0.05) is 20.8 Å². The average molecular weight is 409 g/mol. The van der Waals surface area contributed by atoms with E-state index in [0.29, 0.717) is 31.4 Å². The van der Waals surface area contributed by atoms with E-state index in [9.17, 15) is 9.90 Å². The van der Waals surface area contributed by atoms with Gasteiger partial charge < -0.3 is 25.2 Å². The van der Waals surface area contributed by atoms with Crippen LogP contribution in [-0.2, 0) is 14.3 Å². The smallest absolute Gasteiger partial charge is 0.222 e. The first-order valence-electron chi connectivity index (χ1n) is 11.7. The van der Waals surface area contributed by atoms with Gasteiger partial charge in [0.25, 0.3) is 0 Å². The Morgan fingerprint density at radius 1 is 1.14 bits per heavy atom. The lowest BCUT2D eigenvalue weighted by molar-refractivity contribution is -0.305. The van der Waals surface area contributed by atoms with Crippen LogP contribution in [0.4, 0.5) is 0 Å². The number of rotatable bonds is 3. The number of aliphatic hydroxyl groups excluding tert-OH is 1. The molecule has 4 rings (SSSR count). The number of ether oxygens (including phenoxy) is 2. The monoisotopic (exact) mass is 408 g/mol. The highest BCUT2D eigenvalue weighted by atomic mass is 16.7. The zero-order chi connectivity index (χ0) is 20.8. The van der Waals surface area contributed by atoms with Crippen LogP contribution in [-0.4, -0.2) is 60.7 Å². The Kier molecular flexibility index (Phi) is 6.02. The normalized spacial score (nSPS) is 46.1. The zero-order valence-electron chi connectivity index (χ0n) is 18.4. The number of hydrogen-bond acceptors (Lipinski definition) is 5. The molecule has 29 heavy (non-hydrogen) atoms. The van der Waals surface area contributed by atoms with E-state index >= 15 is 0 Å². The highest BCUT2D eigenvalue weighted by molar-refractivity contribution is 5.76. The van der Waals surface area contributed by atoms with E-state index in [0.717, 1.165) is 51.6 Å². The number of likely N-dealkylation sites (tertiary alicyclic amines) is 1. The molecule has 7 atom stereocenters. The molecule has 4 fully saturated rings. The second-order valence-electron chi connectivity index (χ2n) is 10.7. The van der Waals surface area contributed by atoms with E-state index in [1.165, 1.54) is 0 Å². The summed E-state index contributed by atoms with van der Waals surface area (Å²) in [5.74, 6) is 1.34. The maximum absolute atomic E-state index is 13.1. The van der Waals surface area contributed by atoms with Gasteiger partial charge in [0.1, 0.15) is 0 Å². The number of piperidine rings is 1. The van der Waals surface area contributed by atoms with Gasteiger partial charge in [-0.05, 0) is 61.7 Å². The minimum atomic E-state index is -0.397. The van der Waals surface area contributed by atoms with Gasteiger partial charge in [0, 0.05) is 31.5 Å². The van der Waals surface area contributed by atoms with Gasteiger partial charge in [0.15, 0.2) is 6.29 Å². The number of nitrogens with zero attached hydrogens (tertiary/aromatic N) is 1. The van der Waals surface area contributed by atoms with Crippen molar-refractivity contribution >= 4 is 5.91 Å². The van der Waals surface area contributed by atoms with Gasteiger partial charge in [-0.25, -0.2) is 0 Å². The van der Waals surface area contributed by atoms with Crippen LogP contribution in [0.1, 0.15) is 65.7 Å². The van der Waals surface area contributed by atoms with Crippen molar-refractivity contribution in [3.8, 4) is 0 Å². The van der Waals surface area contributed by atoms with Gasteiger partial charge in [0.2, 0.25) is 5.91 Å². The number of carbonyl (C=O) groups is 1. The summed E-state index contributed by atoms with van der Waals surface area (Å²) < 4.78 is 12.2. The van der Waals surface area contributed by atoms with Crippen molar-refractivity contribution < 1.29 is 19.4 Å². The molecule has 0 aromatic rings. The highest BCUT2D eigenvalue weighted by Gasteiger charge is 2.61. The summed E-state index contributed by atoms with van der Waals surface area (Å²) in [6.45, 7) is 9.64. The standard InChI is InChI=1S/C23H40N2O4/c1-15-7-10-25(11-8-15)20(27)12-16-17(26)4-5-18-22(16,2)9-6-19-23(18,3)14-28-21(13-24)29-19/h15-19,21,26H,4-14,24H2,1-3H3/t16-,17-,18?,19-,21-,22+,23+/m1/s1. The van der Waals surface area contributed by atoms with Gasteiger partial charge in [-0.3, -0.25) is 4.79 Å². The molecule has 2 saturated heterocycles. The highest BCUT2D eigenvalue weighted by Crippen LogP contribution is 2.62. The summed E-state index contributed by atoms with van der Waals surface area (Å²) in [5.41, 5.74) is 5.63. The van der Waals surface area contributed by atoms with Crippen LogP contribution >= 0.6 is 0 Å². The van der Waals surface area contributed by atoms with E-state index in [2.05, 4.69) is 20.8 Å². The summed E-state index contributed by atoms with van der Waals surface area (Å²) in [6.07, 6.45) is 5.77. The van der Waals surface area contributed by atoms with Crippen molar-refractivity contribution in [3.05, 3.63) is 0 Å². The summed E-state index contributed by atoms with van der Waals surface area (Å²) in [6, 6.07) is 0. The van der Waals surface area contributed by atoms with Crippen LogP contribution in [0.3, 0.4) is 0 Å². The Hall–Kier alpha value is -0.690. The van der Waals surface area contributed by atoms with E-state index in [-0.39, 0.29) is 35.0 Å². The van der Waals surface area contributed by atoms with Crippen molar-refractivity contribution in [2.24, 2.45) is 34.3 Å². The Morgan fingerprint density at radius 3 is 2.55 bits per heavy atom. The number of fused-ring (bicyclic) bond motifs is 3. The minimum Gasteiger partial charge on any atom is -0.393 e. The van der Waals surface area contributed by atoms with E-state index in [4.69, 9.17) is 15.2 Å². The van der Waals surface area contributed by atoms with Gasteiger partial charge in [-0.15, -0.1) is 0 Å². The molecule has 1 amide bonds. The first-order chi connectivity index (χ1) is 13.8. The summed E-state index contributed by atoms with van der Waals surface area (Å²) in [4.78, 5) is 15.2. The first kappa shape index (κ1) is 21.5. The Balaban J connectivity index is 1.51. The van der Waals surface area contributed by atoms with Crippen LogP contribution in [0, 0.1) is 28.6 Å². The molecular weight excluding hydrogens is 368 g/mol.